The number of aromatic nitrogens is 3. The van der Waals surface area contributed by atoms with Gasteiger partial charge < -0.3 is 14.2 Å². The van der Waals surface area contributed by atoms with Crippen LogP contribution in [0.15, 0.2) is 53.6 Å². The number of fused-ring (bicyclic) bond motifs is 1. The number of nitrogens with one attached hydrogen (secondary N) is 1. The van der Waals surface area contributed by atoms with Crippen molar-refractivity contribution in [2.24, 2.45) is 0 Å². The van der Waals surface area contributed by atoms with Crippen LogP contribution in [0.25, 0.3) is 16.7 Å². The number of nitrogens with zero attached hydrogens (tertiary/aromatic N) is 4. The second-order valence-electron chi connectivity index (χ2n) is 7.21. The molecule has 0 bridgehead atoms. The molecular weight excluding hydrogens is 458 g/mol. The highest BCUT2D eigenvalue weighted by atomic mass is 32.2. The molecule has 0 aliphatic rings. The first-order chi connectivity index (χ1) is 16.3. The molecule has 2 aromatic carbocycles. The van der Waals surface area contributed by atoms with Gasteiger partial charge in [0.15, 0.2) is 23.1 Å². The van der Waals surface area contributed by atoms with E-state index in [4.69, 9.17) is 14.2 Å². The number of sulfonamides is 1. The summed E-state index contributed by atoms with van der Waals surface area (Å²) in [5, 5.41) is 14.7. The largest absolute Gasteiger partial charge is 0.494 e. The second-order valence-corrected chi connectivity index (χ2v) is 8.89. The number of pyridine rings is 1. The van der Waals surface area contributed by atoms with Crippen LogP contribution in [0.5, 0.6) is 17.2 Å². The molecule has 174 valence electrons. The third-order valence-corrected chi connectivity index (χ3v) is 6.56. The van der Waals surface area contributed by atoms with E-state index in [1.165, 1.54) is 43.3 Å². The minimum absolute atomic E-state index is 0.0311. The van der Waals surface area contributed by atoms with Gasteiger partial charge in [-0.15, -0.1) is 0 Å². The van der Waals surface area contributed by atoms with Crippen molar-refractivity contribution in [3.05, 3.63) is 59.8 Å². The smallest absolute Gasteiger partial charge is 0.263 e. The van der Waals surface area contributed by atoms with Crippen molar-refractivity contribution in [3.8, 4) is 29.1 Å². The quantitative estimate of drug-likeness (QED) is 0.427. The Kier molecular flexibility index (Phi) is 6.00. The molecule has 0 spiro atoms. The summed E-state index contributed by atoms with van der Waals surface area (Å²) in [6.45, 7) is 1.90. The molecule has 2 heterocycles. The molecule has 0 radical (unpaired) electrons. The van der Waals surface area contributed by atoms with Crippen LogP contribution in [0, 0.1) is 18.3 Å². The topological polar surface area (TPSA) is 128 Å². The van der Waals surface area contributed by atoms with Gasteiger partial charge in [-0.2, -0.15) is 15.0 Å². The van der Waals surface area contributed by atoms with Crippen LogP contribution < -0.4 is 18.9 Å². The number of para-hydroxylation sites is 1. The summed E-state index contributed by atoms with van der Waals surface area (Å²) in [4.78, 5) is 4.56. The monoisotopic (exact) mass is 479 g/mol. The molecule has 0 aliphatic carbocycles. The molecule has 0 aliphatic heterocycles. The summed E-state index contributed by atoms with van der Waals surface area (Å²) >= 11 is 0. The Hall–Kier alpha value is -4.30. The van der Waals surface area contributed by atoms with Gasteiger partial charge in [-0.05, 0) is 36.8 Å². The summed E-state index contributed by atoms with van der Waals surface area (Å²) in [5.41, 5.74) is 1.49. The van der Waals surface area contributed by atoms with Gasteiger partial charge in [-0.25, -0.2) is 13.4 Å². The zero-order valence-electron chi connectivity index (χ0n) is 18.9. The van der Waals surface area contributed by atoms with Crippen molar-refractivity contribution in [3.63, 3.8) is 0 Å². The number of nitriles is 1. The van der Waals surface area contributed by atoms with Crippen molar-refractivity contribution in [1.29, 1.82) is 5.26 Å². The third kappa shape index (κ3) is 3.95. The predicted octanol–water partition coefficient (Wildman–Crippen LogP) is 3.43. The first kappa shape index (κ1) is 22.9. The van der Waals surface area contributed by atoms with Crippen LogP contribution in [0.4, 0.5) is 5.82 Å². The maximum Gasteiger partial charge on any atom is 0.263 e. The Bertz CT molecular complexity index is 1540. The minimum Gasteiger partial charge on any atom is -0.494 e. The van der Waals surface area contributed by atoms with Gasteiger partial charge in [0.25, 0.3) is 10.0 Å². The average Bonchev–Trinajstić information content (AvgIpc) is 3.24. The molecule has 0 saturated heterocycles. The van der Waals surface area contributed by atoms with Crippen molar-refractivity contribution >= 4 is 26.7 Å². The van der Waals surface area contributed by atoms with E-state index in [-0.39, 0.29) is 22.0 Å². The number of anilines is 1. The van der Waals surface area contributed by atoms with Gasteiger partial charge in [0.1, 0.15) is 22.9 Å². The van der Waals surface area contributed by atoms with E-state index in [0.717, 1.165) is 10.9 Å². The van der Waals surface area contributed by atoms with Crippen molar-refractivity contribution in [2.45, 2.75) is 11.8 Å². The lowest BCUT2D eigenvalue weighted by atomic mass is 10.1. The number of aryl methyl sites for hydroxylation is 1. The molecule has 0 amide bonds. The summed E-state index contributed by atoms with van der Waals surface area (Å²) in [6.07, 6.45) is 1.27. The van der Waals surface area contributed by atoms with E-state index < -0.39 is 10.0 Å². The first-order valence-electron chi connectivity index (χ1n) is 10.0. The summed E-state index contributed by atoms with van der Waals surface area (Å²) < 4.78 is 46.0. The zero-order chi connectivity index (χ0) is 24.5. The fraction of sp³-hybridized carbons (Fsp3) is 0.174. The van der Waals surface area contributed by atoms with Gasteiger partial charge in [-0.3, -0.25) is 4.72 Å². The van der Waals surface area contributed by atoms with E-state index in [1.54, 1.807) is 19.2 Å². The molecule has 0 saturated carbocycles. The Morgan fingerprint density at radius 3 is 2.41 bits per heavy atom. The fourth-order valence-corrected chi connectivity index (χ4v) is 4.60. The van der Waals surface area contributed by atoms with E-state index in [9.17, 15) is 13.7 Å². The molecule has 11 heteroatoms. The van der Waals surface area contributed by atoms with Gasteiger partial charge in [0.05, 0.1) is 32.4 Å². The lowest BCUT2D eigenvalue weighted by Gasteiger charge is -2.14. The number of ether oxygens (including phenoxy) is 3. The van der Waals surface area contributed by atoms with Crippen LogP contribution in [0.3, 0.4) is 0 Å². The SMILES string of the molecule is COc1ccc(S(=O)(=O)Nc2c(C#N)cnn2-c2cc(C)c3cccc(OC)c3n2)cc1OC. The van der Waals surface area contributed by atoms with E-state index in [0.29, 0.717) is 22.8 Å². The molecule has 4 aromatic rings. The zero-order valence-corrected chi connectivity index (χ0v) is 19.7. The average molecular weight is 480 g/mol. The normalized spacial score (nSPS) is 11.1. The Balaban J connectivity index is 1.84. The third-order valence-electron chi connectivity index (χ3n) is 5.22. The lowest BCUT2D eigenvalue weighted by molar-refractivity contribution is 0.354. The maximum absolute atomic E-state index is 13.2. The van der Waals surface area contributed by atoms with Crippen LogP contribution in [-0.2, 0) is 10.0 Å². The van der Waals surface area contributed by atoms with E-state index in [2.05, 4.69) is 14.8 Å². The van der Waals surface area contributed by atoms with Crippen LogP contribution in [0.1, 0.15) is 11.1 Å². The molecule has 0 fully saturated rings. The molecule has 2 aromatic heterocycles. The number of rotatable bonds is 7. The summed E-state index contributed by atoms with van der Waals surface area (Å²) in [5.74, 6) is 1.47. The van der Waals surface area contributed by atoms with Crippen molar-refractivity contribution in [1.82, 2.24) is 14.8 Å². The number of benzene rings is 2. The number of methoxy groups -OCH3 is 3. The molecule has 10 nitrogen and oxygen atoms in total. The van der Waals surface area contributed by atoms with Gasteiger partial charge in [0, 0.05) is 11.5 Å². The number of hydrogen-bond donors (Lipinski definition) is 1. The number of hydrogen-bond acceptors (Lipinski definition) is 8. The molecule has 34 heavy (non-hydrogen) atoms. The first-order valence-corrected chi connectivity index (χ1v) is 11.5. The molecule has 0 unspecified atom stereocenters. The maximum atomic E-state index is 13.2. The Morgan fingerprint density at radius 2 is 1.74 bits per heavy atom. The fourth-order valence-electron chi connectivity index (χ4n) is 3.52. The summed E-state index contributed by atoms with van der Waals surface area (Å²) in [6, 6.07) is 13.5. The van der Waals surface area contributed by atoms with Gasteiger partial charge >= 0.3 is 0 Å². The summed E-state index contributed by atoms with van der Waals surface area (Å²) in [7, 11) is 0.288. The second kappa shape index (κ2) is 8.92. The van der Waals surface area contributed by atoms with Gasteiger partial charge in [0.2, 0.25) is 0 Å². The molecule has 4 rings (SSSR count). The highest BCUT2D eigenvalue weighted by Gasteiger charge is 2.23. The Morgan fingerprint density at radius 1 is 1.00 bits per heavy atom. The van der Waals surface area contributed by atoms with E-state index >= 15 is 0 Å². The molecule has 0 atom stereocenters. The predicted molar refractivity (Wildman–Crippen MR) is 125 cm³/mol. The van der Waals surface area contributed by atoms with E-state index in [1.807, 2.05) is 25.1 Å². The van der Waals surface area contributed by atoms with Crippen LogP contribution >= 0.6 is 0 Å². The Labute approximate surface area is 196 Å². The standard InChI is InChI=1S/C23H21N5O5S/c1-14-10-21(26-22-17(14)6-5-7-19(22)32-3)28-23(15(12-24)13-25-28)27-34(29,30)16-8-9-18(31-2)20(11-16)33-4/h5-11,13,27H,1-4H3. The van der Waals surface area contributed by atoms with Crippen molar-refractivity contribution in [2.75, 3.05) is 26.1 Å². The van der Waals surface area contributed by atoms with Crippen molar-refractivity contribution < 1.29 is 22.6 Å². The molecular formula is C23H21N5O5S. The molecule has 1 N–H and O–H groups in total. The highest BCUT2D eigenvalue weighted by molar-refractivity contribution is 7.92. The van der Waals surface area contributed by atoms with Crippen LogP contribution in [-0.4, -0.2) is 44.5 Å². The van der Waals surface area contributed by atoms with Crippen LogP contribution in [0.2, 0.25) is 0 Å². The lowest BCUT2D eigenvalue weighted by Crippen LogP contribution is -2.17. The highest BCUT2D eigenvalue weighted by Crippen LogP contribution is 2.32. The minimum atomic E-state index is -4.12. The van der Waals surface area contributed by atoms with Gasteiger partial charge in [-0.1, -0.05) is 12.1 Å².